The molecule has 18 heavy (non-hydrogen) atoms. The molecule has 2 N–H and O–H groups in total. The maximum atomic E-state index is 10.6. The van der Waals surface area contributed by atoms with Crippen LogP contribution in [0, 0.1) is 10.1 Å². The Morgan fingerprint density at radius 3 is 3.00 bits per heavy atom. The number of aryl methyl sites for hydroxylation is 1. The third kappa shape index (κ3) is 2.57. The minimum Gasteiger partial charge on any atom is -0.316 e. The average molecular weight is 248 g/mol. The molecule has 0 atom stereocenters. The molecule has 0 saturated heterocycles. The Balaban J connectivity index is 2.06. The molecule has 2 rings (SSSR count). The van der Waals surface area contributed by atoms with Crippen LogP contribution >= 0.6 is 0 Å². The fourth-order valence-electron chi connectivity index (χ4n) is 1.51. The quantitative estimate of drug-likeness (QED) is 0.481. The van der Waals surface area contributed by atoms with Gasteiger partial charge in [0.15, 0.2) is 0 Å². The number of nitro groups is 1. The number of anilines is 2. The molecule has 0 saturated carbocycles. The number of nitro benzene ring substituents is 1. The Labute approximate surface area is 104 Å². The first-order chi connectivity index (χ1) is 8.70. The highest BCUT2D eigenvalue weighted by atomic mass is 16.6. The summed E-state index contributed by atoms with van der Waals surface area (Å²) in [6, 6.07) is 6.25. The van der Waals surface area contributed by atoms with Gasteiger partial charge in [-0.1, -0.05) is 6.07 Å². The summed E-state index contributed by atoms with van der Waals surface area (Å²) in [6.45, 7) is 2.79. The van der Waals surface area contributed by atoms with Crippen molar-refractivity contribution in [2.75, 3.05) is 10.9 Å². The van der Waals surface area contributed by atoms with Crippen LogP contribution in [-0.4, -0.2) is 14.5 Å². The normalized spacial score (nSPS) is 10.1. The van der Waals surface area contributed by atoms with E-state index >= 15 is 0 Å². The molecule has 1 heterocycles. The van der Waals surface area contributed by atoms with E-state index in [1.807, 2.05) is 17.7 Å². The highest BCUT2D eigenvalue weighted by Crippen LogP contribution is 2.17. The molecular formula is C11H13N5O2. The van der Waals surface area contributed by atoms with Gasteiger partial charge in [0.25, 0.3) is 5.69 Å². The number of benzene rings is 1. The van der Waals surface area contributed by atoms with Gasteiger partial charge in [-0.25, -0.2) is 4.98 Å². The molecule has 7 nitrogen and oxygen atoms in total. The van der Waals surface area contributed by atoms with E-state index < -0.39 is 4.92 Å². The lowest BCUT2D eigenvalue weighted by molar-refractivity contribution is -0.384. The van der Waals surface area contributed by atoms with E-state index in [0.29, 0.717) is 11.6 Å². The summed E-state index contributed by atoms with van der Waals surface area (Å²) in [5.74, 6) is 0.656. The lowest BCUT2D eigenvalue weighted by Gasteiger charge is -2.10. The predicted molar refractivity (Wildman–Crippen MR) is 68.2 cm³/mol. The second-order valence-electron chi connectivity index (χ2n) is 3.59. The fraction of sp³-hybridized carbons (Fsp3) is 0.182. The number of non-ortho nitro benzene ring substituents is 1. The number of nitrogens with zero attached hydrogens (tertiary/aromatic N) is 3. The van der Waals surface area contributed by atoms with Crippen LogP contribution in [0.1, 0.15) is 6.92 Å². The standard InChI is InChI=1S/C11H13N5O2/c1-2-15-7-6-12-11(15)14-13-9-4-3-5-10(8-9)16(17)18/h3-8,13H,2H2,1H3,(H,12,14)/i1+1. The van der Waals surface area contributed by atoms with Gasteiger partial charge in [0, 0.05) is 31.1 Å². The number of imidazole rings is 1. The number of rotatable bonds is 5. The topological polar surface area (TPSA) is 85.0 Å². The predicted octanol–water partition coefficient (Wildman–Crippen LogP) is 2.25. The van der Waals surface area contributed by atoms with E-state index in [-0.39, 0.29) is 5.69 Å². The van der Waals surface area contributed by atoms with Crippen LogP contribution in [0.15, 0.2) is 36.7 Å². The molecule has 1 aromatic carbocycles. The molecule has 94 valence electrons. The van der Waals surface area contributed by atoms with Gasteiger partial charge < -0.3 is 4.57 Å². The third-order valence-electron chi connectivity index (χ3n) is 2.43. The summed E-state index contributed by atoms with van der Waals surface area (Å²) >= 11 is 0. The number of hydrogen-bond acceptors (Lipinski definition) is 5. The molecule has 0 amide bonds. The Morgan fingerprint density at radius 1 is 1.44 bits per heavy atom. The molecule has 7 heteroatoms. The Hall–Kier alpha value is -2.57. The maximum absolute atomic E-state index is 10.6. The molecule has 0 aliphatic carbocycles. The first-order valence-corrected chi connectivity index (χ1v) is 5.48. The largest absolute Gasteiger partial charge is 0.316 e. The van der Waals surface area contributed by atoms with Crippen LogP contribution in [0.3, 0.4) is 0 Å². The molecule has 0 unspecified atom stereocenters. The molecule has 0 aliphatic heterocycles. The van der Waals surface area contributed by atoms with Crippen molar-refractivity contribution in [1.82, 2.24) is 9.55 Å². The monoisotopic (exact) mass is 248 g/mol. The maximum Gasteiger partial charge on any atom is 0.271 e. The molecule has 1 aromatic heterocycles. The summed E-state index contributed by atoms with van der Waals surface area (Å²) in [5, 5.41) is 10.6. The van der Waals surface area contributed by atoms with Crippen LogP contribution in [0.2, 0.25) is 0 Å². The van der Waals surface area contributed by atoms with Crippen molar-refractivity contribution in [1.29, 1.82) is 0 Å². The molecule has 2 aromatic rings. The van der Waals surface area contributed by atoms with Crippen molar-refractivity contribution in [3.8, 4) is 0 Å². The first kappa shape index (κ1) is 11.9. The lowest BCUT2D eigenvalue weighted by atomic mass is 10.3. The first-order valence-electron chi connectivity index (χ1n) is 5.48. The van der Waals surface area contributed by atoms with E-state index in [1.165, 1.54) is 12.1 Å². The van der Waals surface area contributed by atoms with Gasteiger partial charge in [0.2, 0.25) is 5.95 Å². The summed E-state index contributed by atoms with van der Waals surface area (Å²) in [4.78, 5) is 14.3. The van der Waals surface area contributed by atoms with Gasteiger partial charge in [0.05, 0.1) is 10.6 Å². The highest BCUT2D eigenvalue weighted by molar-refractivity contribution is 5.53. The van der Waals surface area contributed by atoms with Gasteiger partial charge in [0.1, 0.15) is 0 Å². The molecule has 0 fully saturated rings. The van der Waals surface area contributed by atoms with Crippen molar-refractivity contribution in [3.63, 3.8) is 0 Å². The zero-order valence-electron chi connectivity index (χ0n) is 9.83. The van der Waals surface area contributed by atoms with Gasteiger partial charge in [-0.05, 0) is 13.0 Å². The highest BCUT2D eigenvalue weighted by Gasteiger charge is 2.05. The van der Waals surface area contributed by atoms with Crippen molar-refractivity contribution in [2.24, 2.45) is 0 Å². The Kier molecular flexibility index (Phi) is 3.42. The molecule has 0 radical (unpaired) electrons. The lowest BCUT2D eigenvalue weighted by Crippen LogP contribution is -2.13. The van der Waals surface area contributed by atoms with Crippen LogP contribution in [-0.2, 0) is 6.54 Å². The molecule has 0 bridgehead atoms. The molecule has 0 spiro atoms. The van der Waals surface area contributed by atoms with E-state index in [1.54, 1.807) is 18.3 Å². The summed E-state index contributed by atoms with van der Waals surface area (Å²) in [5.41, 5.74) is 6.43. The van der Waals surface area contributed by atoms with Gasteiger partial charge in [-0.15, -0.1) is 0 Å². The van der Waals surface area contributed by atoms with Crippen molar-refractivity contribution in [3.05, 3.63) is 46.8 Å². The number of aromatic nitrogens is 2. The zero-order valence-corrected chi connectivity index (χ0v) is 9.83. The van der Waals surface area contributed by atoms with E-state index in [0.717, 1.165) is 6.54 Å². The van der Waals surface area contributed by atoms with Crippen LogP contribution in [0.4, 0.5) is 17.3 Å². The van der Waals surface area contributed by atoms with E-state index in [4.69, 9.17) is 0 Å². The Morgan fingerprint density at radius 2 is 2.28 bits per heavy atom. The van der Waals surface area contributed by atoms with Gasteiger partial charge >= 0.3 is 0 Å². The molecular weight excluding hydrogens is 235 g/mol. The van der Waals surface area contributed by atoms with Crippen molar-refractivity contribution in [2.45, 2.75) is 13.5 Å². The van der Waals surface area contributed by atoms with Gasteiger partial charge in [-0.3, -0.25) is 21.0 Å². The van der Waals surface area contributed by atoms with Crippen molar-refractivity contribution < 1.29 is 4.92 Å². The second-order valence-corrected chi connectivity index (χ2v) is 3.59. The van der Waals surface area contributed by atoms with Crippen LogP contribution in [0.5, 0.6) is 0 Å². The smallest absolute Gasteiger partial charge is 0.271 e. The van der Waals surface area contributed by atoms with E-state index in [2.05, 4.69) is 15.8 Å². The summed E-state index contributed by atoms with van der Waals surface area (Å²) in [7, 11) is 0. The van der Waals surface area contributed by atoms with E-state index in [9.17, 15) is 10.1 Å². The minimum atomic E-state index is -0.432. The Bertz CT molecular complexity index is 552. The van der Waals surface area contributed by atoms with Crippen molar-refractivity contribution >= 4 is 17.3 Å². The SMILES string of the molecule is [13CH3]Cn1ccnc1NNc1cccc([N+](=O)[O-])c1. The van der Waals surface area contributed by atoms with Crippen LogP contribution < -0.4 is 10.9 Å². The average Bonchev–Trinajstić information content (AvgIpc) is 2.84. The summed E-state index contributed by atoms with van der Waals surface area (Å²) in [6.07, 6.45) is 3.53. The number of hydrazine groups is 1. The van der Waals surface area contributed by atoms with Gasteiger partial charge in [-0.2, -0.15) is 0 Å². The third-order valence-corrected chi connectivity index (χ3v) is 2.43. The second kappa shape index (κ2) is 5.17. The minimum absolute atomic E-state index is 0.0423. The van der Waals surface area contributed by atoms with Crippen LogP contribution in [0.25, 0.3) is 0 Å². The molecule has 0 aliphatic rings. The zero-order chi connectivity index (χ0) is 13.0. The fourth-order valence-corrected chi connectivity index (χ4v) is 1.51. The summed E-state index contributed by atoms with van der Waals surface area (Å²) < 4.78 is 1.91. The number of hydrogen-bond donors (Lipinski definition) is 2. The number of nitrogens with one attached hydrogen (secondary N) is 2.